The first-order valence-electron chi connectivity index (χ1n) is 5.60. The van der Waals surface area contributed by atoms with Gasteiger partial charge in [0.15, 0.2) is 4.90 Å². The Morgan fingerprint density at radius 1 is 1.55 bits per heavy atom. The normalized spacial score (nSPS) is 12.9. The molecule has 0 radical (unpaired) electrons. The Hall–Kier alpha value is -2.18. The van der Waals surface area contributed by atoms with E-state index in [1.165, 1.54) is 13.1 Å². The minimum Gasteiger partial charge on any atom is -0.399 e. The minimum atomic E-state index is -4.08. The molecule has 8 nitrogen and oxygen atoms in total. The van der Waals surface area contributed by atoms with Gasteiger partial charge < -0.3 is 5.73 Å². The highest BCUT2D eigenvalue weighted by molar-refractivity contribution is 7.89. The first-order chi connectivity index (χ1) is 9.20. The molecule has 0 aliphatic heterocycles. The zero-order valence-corrected chi connectivity index (χ0v) is 11.8. The summed E-state index contributed by atoms with van der Waals surface area (Å²) in [5, 5.41) is 19.6. The largest absolute Gasteiger partial charge is 0.399 e. The standard InChI is InChI=1S/C11H14N4O4S/c1-8(6-12)7-14(2)20(18,19)11-5-9(13)3-4-10(11)15(16)17/h3-5,8H,7,13H2,1-2H3. The highest BCUT2D eigenvalue weighted by Gasteiger charge is 2.30. The molecule has 0 saturated heterocycles. The van der Waals surface area contributed by atoms with Gasteiger partial charge in [0.2, 0.25) is 10.0 Å². The number of sulfonamides is 1. The van der Waals surface area contributed by atoms with Gasteiger partial charge in [-0.3, -0.25) is 10.1 Å². The summed E-state index contributed by atoms with van der Waals surface area (Å²) in [5.41, 5.74) is 5.06. The molecule has 0 fully saturated rings. The maximum absolute atomic E-state index is 12.3. The molecule has 0 heterocycles. The van der Waals surface area contributed by atoms with Gasteiger partial charge in [-0.25, -0.2) is 8.42 Å². The third kappa shape index (κ3) is 3.23. The van der Waals surface area contributed by atoms with Crippen LogP contribution in [0.4, 0.5) is 11.4 Å². The summed E-state index contributed by atoms with van der Waals surface area (Å²) in [4.78, 5) is 9.65. The fraction of sp³-hybridized carbons (Fsp3) is 0.364. The van der Waals surface area contributed by atoms with Gasteiger partial charge in [0.05, 0.1) is 16.9 Å². The summed E-state index contributed by atoms with van der Waals surface area (Å²) in [6.45, 7) is 1.49. The molecule has 0 aliphatic carbocycles. The molecule has 1 unspecified atom stereocenters. The van der Waals surface area contributed by atoms with Gasteiger partial charge in [0.25, 0.3) is 5.69 Å². The van der Waals surface area contributed by atoms with Crippen LogP contribution in [-0.4, -0.2) is 31.2 Å². The lowest BCUT2D eigenvalue weighted by Crippen LogP contribution is -2.31. The third-order valence-electron chi connectivity index (χ3n) is 2.62. The fourth-order valence-corrected chi connectivity index (χ4v) is 3.03. The van der Waals surface area contributed by atoms with E-state index < -0.39 is 31.4 Å². The van der Waals surface area contributed by atoms with Gasteiger partial charge in [-0.2, -0.15) is 9.57 Å². The lowest BCUT2D eigenvalue weighted by Gasteiger charge is -2.18. The van der Waals surface area contributed by atoms with E-state index in [1.807, 2.05) is 6.07 Å². The van der Waals surface area contributed by atoms with E-state index in [0.29, 0.717) is 0 Å². The molecule has 0 bridgehead atoms. The van der Waals surface area contributed by atoms with Crippen LogP contribution in [0.3, 0.4) is 0 Å². The van der Waals surface area contributed by atoms with Crippen LogP contribution in [0.5, 0.6) is 0 Å². The van der Waals surface area contributed by atoms with Crippen LogP contribution in [-0.2, 0) is 10.0 Å². The highest BCUT2D eigenvalue weighted by atomic mass is 32.2. The number of nitrogens with zero attached hydrogens (tertiary/aromatic N) is 3. The topological polar surface area (TPSA) is 130 Å². The molecule has 1 aromatic rings. The number of anilines is 1. The highest BCUT2D eigenvalue weighted by Crippen LogP contribution is 2.28. The first kappa shape index (κ1) is 15.9. The Morgan fingerprint density at radius 3 is 2.65 bits per heavy atom. The number of nitrogens with two attached hydrogens (primary N) is 1. The van der Waals surface area contributed by atoms with Crippen molar-refractivity contribution in [2.24, 2.45) is 5.92 Å². The molecule has 20 heavy (non-hydrogen) atoms. The number of rotatable bonds is 5. The SMILES string of the molecule is CC(C#N)CN(C)S(=O)(=O)c1cc(N)ccc1[N+](=O)[O-]. The number of nitro benzene ring substituents is 1. The quantitative estimate of drug-likeness (QED) is 0.489. The van der Waals surface area contributed by atoms with E-state index in [1.54, 1.807) is 6.92 Å². The Bertz CT molecular complexity index is 665. The van der Waals surface area contributed by atoms with Gasteiger partial charge in [-0.1, -0.05) is 0 Å². The second-order valence-electron chi connectivity index (χ2n) is 4.30. The van der Waals surface area contributed by atoms with Crippen LogP contribution < -0.4 is 5.73 Å². The average molecular weight is 298 g/mol. The molecule has 1 atom stereocenters. The molecule has 1 aromatic carbocycles. The predicted octanol–water partition coefficient (Wildman–Crippen LogP) is 0.957. The summed E-state index contributed by atoms with van der Waals surface area (Å²) >= 11 is 0. The van der Waals surface area contributed by atoms with E-state index in [4.69, 9.17) is 11.0 Å². The summed E-state index contributed by atoms with van der Waals surface area (Å²) in [5.74, 6) is -0.533. The fourth-order valence-electron chi connectivity index (χ4n) is 1.58. The van der Waals surface area contributed by atoms with Gasteiger partial charge in [0, 0.05) is 25.3 Å². The summed E-state index contributed by atoms with van der Waals surface area (Å²) in [6.07, 6.45) is 0. The van der Waals surface area contributed by atoms with Gasteiger partial charge in [0.1, 0.15) is 0 Å². The van der Waals surface area contributed by atoms with Crippen LogP contribution in [0.25, 0.3) is 0 Å². The molecule has 0 amide bonds. The Balaban J connectivity index is 3.32. The Kier molecular flexibility index (Phi) is 4.65. The minimum absolute atomic E-state index is 0.0647. The first-order valence-corrected chi connectivity index (χ1v) is 7.04. The van der Waals surface area contributed by atoms with E-state index in [-0.39, 0.29) is 12.2 Å². The Morgan fingerprint density at radius 2 is 2.15 bits per heavy atom. The molecule has 2 N–H and O–H groups in total. The number of hydrogen-bond donors (Lipinski definition) is 1. The van der Waals surface area contributed by atoms with Crippen LogP contribution in [0.15, 0.2) is 23.1 Å². The molecule has 0 aromatic heterocycles. The van der Waals surface area contributed by atoms with Gasteiger partial charge >= 0.3 is 0 Å². The number of nitro groups is 1. The molecule has 0 spiro atoms. The third-order valence-corrected chi connectivity index (χ3v) is 4.47. The second-order valence-corrected chi connectivity index (χ2v) is 6.31. The summed E-state index contributed by atoms with van der Waals surface area (Å²) in [7, 11) is -2.82. The molecule has 0 aliphatic rings. The number of nitrogen functional groups attached to an aromatic ring is 1. The molecular weight excluding hydrogens is 284 g/mol. The number of benzene rings is 1. The van der Waals surface area contributed by atoms with E-state index >= 15 is 0 Å². The zero-order chi connectivity index (χ0) is 15.5. The van der Waals surface area contributed by atoms with Crippen LogP contribution in [0, 0.1) is 27.4 Å². The van der Waals surface area contributed by atoms with E-state index in [0.717, 1.165) is 16.4 Å². The van der Waals surface area contributed by atoms with Crippen molar-refractivity contribution in [3.63, 3.8) is 0 Å². The maximum atomic E-state index is 12.3. The van der Waals surface area contributed by atoms with Gasteiger partial charge in [-0.15, -0.1) is 0 Å². The van der Waals surface area contributed by atoms with Crippen molar-refractivity contribution in [2.45, 2.75) is 11.8 Å². The number of nitriles is 1. The summed E-state index contributed by atoms with van der Waals surface area (Å²) in [6, 6.07) is 5.25. The molecule has 108 valence electrons. The monoisotopic (exact) mass is 298 g/mol. The second kappa shape index (κ2) is 5.85. The van der Waals surface area contributed by atoms with Crippen LogP contribution in [0.2, 0.25) is 0 Å². The number of hydrogen-bond acceptors (Lipinski definition) is 6. The summed E-state index contributed by atoms with van der Waals surface area (Å²) < 4.78 is 25.5. The predicted molar refractivity (Wildman–Crippen MR) is 72.1 cm³/mol. The van der Waals surface area contributed by atoms with Crippen molar-refractivity contribution >= 4 is 21.4 Å². The van der Waals surface area contributed by atoms with Crippen LogP contribution in [0.1, 0.15) is 6.92 Å². The van der Waals surface area contributed by atoms with Gasteiger partial charge in [-0.05, 0) is 19.1 Å². The van der Waals surface area contributed by atoms with Crippen molar-refractivity contribution in [3.05, 3.63) is 28.3 Å². The van der Waals surface area contributed by atoms with Crippen molar-refractivity contribution < 1.29 is 13.3 Å². The molecule has 1 rings (SSSR count). The van der Waals surface area contributed by atoms with Crippen LogP contribution >= 0.6 is 0 Å². The van der Waals surface area contributed by atoms with Crippen molar-refractivity contribution in [1.29, 1.82) is 5.26 Å². The maximum Gasteiger partial charge on any atom is 0.289 e. The lowest BCUT2D eigenvalue weighted by molar-refractivity contribution is -0.387. The van der Waals surface area contributed by atoms with E-state index in [2.05, 4.69) is 0 Å². The molecule has 0 saturated carbocycles. The molecule has 9 heteroatoms. The average Bonchev–Trinajstić information content (AvgIpc) is 2.37. The van der Waals surface area contributed by atoms with Crippen molar-refractivity contribution in [1.82, 2.24) is 4.31 Å². The van der Waals surface area contributed by atoms with E-state index in [9.17, 15) is 18.5 Å². The lowest BCUT2D eigenvalue weighted by atomic mass is 10.2. The smallest absolute Gasteiger partial charge is 0.289 e. The zero-order valence-electron chi connectivity index (χ0n) is 11.0. The molecular formula is C11H14N4O4S. The Labute approximate surface area is 116 Å². The van der Waals surface area contributed by atoms with Crippen molar-refractivity contribution in [2.75, 3.05) is 19.3 Å². The van der Waals surface area contributed by atoms with Crippen molar-refractivity contribution in [3.8, 4) is 6.07 Å².